The lowest BCUT2D eigenvalue weighted by Gasteiger charge is -2.18. The summed E-state index contributed by atoms with van der Waals surface area (Å²) >= 11 is 0. The molecule has 0 aromatic heterocycles. The van der Waals surface area contributed by atoms with Crippen LogP contribution in [0.5, 0.6) is 0 Å². The lowest BCUT2D eigenvalue weighted by atomic mass is 9.85. The minimum absolute atomic E-state index is 1.19. The van der Waals surface area contributed by atoms with E-state index in [1.807, 2.05) is 0 Å². The van der Waals surface area contributed by atoms with Crippen LogP contribution in [0.4, 0.5) is 0 Å². The Hall–Kier alpha value is -9.88. The molecule has 0 saturated heterocycles. The van der Waals surface area contributed by atoms with Crippen LogP contribution in [0.25, 0.3) is 163 Å². The van der Waals surface area contributed by atoms with Crippen molar-refractivity contribution in [3.05, 3.63) is 279 Å². The van der Waals surface area contributed by atoms with Crippen LogP contribution < -0.4 is 0 Å². The van der Waals surface area contributed by atoms with E-state index in [1.54, 1.807) is 0 Å². The van der Waals surface area contributed by atoms with E-state index in [2.05, 4.69) is 279 Å². The second-order valence-electron chi connectivity index (χ2n) is 20.7. The minimum Gasteiger partial charge on any atom is -0.0622 e. The molecule has 0 aliphatic carbocycles. The monoisotopic (exact) mass is 958 g/mol. The van der Waals surface area contributed by atoms with E-state index in [0.717, 1.165) is 0 Å². The zero-order valence-electron chi connectivity index (χ0n) is 41.6. The molecule has 0 amide bonds. The van der Waals surface area contributed by atoms with Crippen LogP contribution in [0.2, 0.25) is 0 Å². The summed E-state index contributed by atoms with van der Waals surface area (Å²) in [4.78, 5) is 0. The predicted octanol–water partition coefficient (Wildman–Crippen LogP) is 21.6. The van der Waals surface area contributed by atoms with Crippen LogP contribution in [0.15, 0.2) is 279 Å². The number of fused-ring (bicyclic) bond motifs is 16. The van der Waals surface area contributed by atoms with Crippen molar-refractivity contribution in [1.82, 2.24) is 0 Å². The molecule has 0 nitrogen and oxygen atoms in total. The first-order valence-electron chi connectivity index (χ1n) is 26.5. The number of rotatable bonds is 5. The molecule has 0 spiro atoms. The highest BCUT2D eigenvalue weighted by Gasteiger charge is 2.19. The summed E-state index contributed by atoms with van der Waals surface area (Å²) in [5.41, 5.74) is 12.2. The van der Waals surface area contributed by atoms with Gasteiger partial charge in [0.25, 0.3) is 0 Å². The lowest BCUT2D eigenvalue weighted by molar-refractivity contribution is 1.65. The highest BCUT2D eigenvalue weighted by atomic mass is 14.2. The van der Waals surface area contributed by atoms with Gasteiger partial charge in [-0.1, -0.05) is 231 Å². The summed E-state index contributed by atoms with van der Waals surface area (Å²) in [6, 6.07) is 105. The molecular weight excluding hydrogens is 913 g/mol. The minimum atomic E-state index is 1.19. The van der Waals surface area contributed by atoms with Crippen molar-refractivity contribution in [2.24, 2.45) is 0 Å². The molecule has 16 rings (SSSR count). The molecule has 0 atom stereocenters. The van der Waals surface area contributed by atoms with Gasteiger partial charge in [0, 0.05) is 0 Å². The van der Waals surface area contributed by atoms with E-state index in [1.165, 1.54) is 163 Å². The van der Waals surface area contributed by atoms with Crippen molar-refractivity contribution in [3.8, 4) is 55.6 Å². The molecule has 16 aromatic rings. The van der Waals surface area contributed by atoms with Gasteiger partial charge in [-0.3, -0.25) is 0 Å². The van der Waals surface area contributed by atoms with Gasteiger partial charge in [-0.25, -0.2) is 0 Å². The Kier molecular flexibility index (Phi) is 9.44. The number of benzene rings is 16. The molecular formula is C76H46. The highest BCUT2D eigenvalue weighted by Crippen LogP contribution is 2.47. The molecule has 0 bridgehead atoms. The van der Waals surface area contributed by atoms with Crippen molar-refractivity contribution < 1.29 is 0 Å². The van der Waals surface area contributed by atoms with Gasteiger partial charge in [-0.2, -0.15) is 0 Å². The molecule has 16 aromatic carbocycles. The maximum Gasteiger partial charge on any atom is -0.00921 e. The van der Waals surface area contributed by atoms with Gasteiger partial charge in [0.05, 0.1) is 0 Å². The molecule has 350 valence electrons. The largest absolute Gasteiger partial charge is 0.0622 e. The zero-order chi connectivity index (χ0) is 49.8. The Morgan fingerprint density at radius 2 is 0.395 bits per heavy atom. The van der Waals surface area contributed by atoms with Crippen molar-refractivity contribution >= 4 is 108 Å². The van der Waals surface area contributed by atoms with Crippen LogP contribution in [0.3, 0.4) is 0 Å². The smallest absolute Gasteiger partial charge is 0.00921 e. The van der Waals surface area contributed by atoms with Gasteiger partial charge in [-0.05, 0) is 212 Å². The van der Waals surface area contributed by atoms with Gasteiger partial charge in [-0.15, -0.1) is 0 Å². The molecule has 0 saturated carbocycles. The van der Waals surface area contributed by atoms with E-state index < -0.39 is 0 Å². The molecule has 0 heteroatoms. The first-order chi connectivity index (χ1) is 37.7. The summed E-state index contributed by atoms with van der Waals surface area (Å²) in [5.74, 6) is 0. The van der Waals surface area contributed by atoms with Gasteiger partial charge in [0.2, 0.25) is 0 Å². The van der Waals surface area contributed by atoms with E-state index in [0.29, 0.717) is 0 Å². The molecule has 0 fully saturated rings. The van der Waals surface area contributed by atoms with Crippen LogP contribution >= 0.6 is 0 Å². The summed E-state index contributed by atoms with van der Waals surface area (Å²) in [5, 5.41) is 25.1. The van der Waals surface area contributed by atoms with Crippen molar-refractivity contribution in [2.75, 3.05) is 0 Å². The summed E-state index contributed by atoms with van der Waals surface area (Å²) in [6.07, 6.45) is 0. The van der Waals surface area contributed by atoms with E-state index in [-0.39, 0.29) is 0 Å². The molecule has 0 unspecified atom stereocenters. The fourth-order valence-electron chi connectivity index (χ4n) is 12.9. The molecule has 76 heavy (non-hydrogen) atoms. The van der Waals surface area contributed by atoms with Crippen molar-refractivity contribution in [1.29, 1.82) is 0 Å². The SMILES string of the molecule is c1ccc(-c2cc3c4cc(-c5ccc6c(-c7ccc8c(ccc9ccccc98)c7)cc7c8ccccc8c(-c8ccc9c(ccc%10ccccc%109)c8)cc7c6c5)ccc4c(-c4ccccc4)cc3c3ccccc23)cc1. The number of hydrogen-bond donors (Lipinski definition) is 0. The fraction of sp³-hybridized carbons (Fsp3) is 0. The standard InChI is InChI=1S/C76H46/c1-3-15-47(16-4-1)67-44-75-71-41-51(31-37-65(71)68(48-17-5-2-6-18-48)43-73(75)63-25-13-11-23-61(63)67)52-32-38-66-70(56-34-36-60-54(40-56)30-28-50-20-8-10-22-58(50)60)45-74-64-26-14-12-24-62(64)69(46-76(74)72(66)42-52)55-33-35-59-53(39-55)29-27-49-19-7-9-21-57(49)59/h1-46H. The normalized spacial score (nSPS) is 11.9. The average Bonchev–Trinajstić information content (AvgIpc) is 3.55. The topological polar surface area (TPSA) is 0 Å². The Morgan fingerprint density at radius 1 is 0.118 bits per heavy atom. The van der Waals surface area contributed by atoms with Crippen LogP contribution in [0.1, 0.15) is 0 Å². The molecule has 0 heterocycles. The van der Waals surface area contributed by atoms with Crippen molar-refractivity contribution in [2.45, 2.75) is 0 Å². The highest BCUT2D eigenvalue weighted by molar-refractivity contribution is 6.27. The van der Waals surface area contributed by atoms with Gasteiger partial charge in [0.15, 0.2) is 0 Å². The third-order valence-corrected chi connectivity index (χ3v) is 16.6. The summed E-state index contributed by atoms with van der Waals surface area (Å²) < 4.78 is 0. The third-order valence-electron chi connectivity index (χ3n) is 16.6. The lowest BCUT2D eigenvalue weighted by Crippen LogP contribution is -1.91. The van der Waals surface area contributed by atoms with Gasteiger partial charge >= 0.3 is 0 Å². The maximum atomic E-state index is 2.48. The average molecular weight is 959 g/mol. The van der Waals surface area contributed by atoms with Gasteiger partial charge < -0.3 is 0 Å². The van der Waals surface area contributed by atoms with E-state index >= 15 is 0 Å². The first kappa shape index (κ1) is 42.6. The second kappa shape index (κ2) is 16.8. The van der Waals surface area contributed by atoms with E-state index in [9.17, 15) is 0 Å². The quantitative estimate of drug-likeness (QED) is 0.151. The fourth-order valence-corrected chi connectivity index (χ4v) is 12.9. The molecule has 0 N–H and O–H groups in total. The third kappa shape index (κ3) is 6.64. The Bertz CT molecular complexity index is 5080. The van der Waals surface area contributed by atoms with Crippen LogP contribution in [0, 0.1) is 0 Å². The first-order valence-corrected chi connectivity index (χ1v) is 26.5. The van der Waals surface area contributed by atoms with Crippen LogP contribution in [-0.4, -0.2) is 0 Å². The molecule has 0 radical (unpaired) electrons. The molecule has 0 aliphatic rings. The second-order valence-corrected chi connectivity index (χ2v) is 20.7. The summed E-state index contributed by atoms with van der Waals surface area (Å²) in [7, 11) is 0. The maximum absolute atomic E-state index is 2.48. The zero-order valence-corrected chi connectivity index (χ0v) is 41.6. The molecule has 0 aliphatic heterocycles. The Morgan fingerprint density at radius 3 is 0.829 bits per heavy atom. The van der Waals surface area contributed by atoms with Crippen molar-refractivity contribution in [3.63, 3.8) is 0 Å². The van der Waals surface area contributed by atoms with E-state index in [4.69, 9.17) is 0 Å². The summed E-state index contributed by atoms with van der Waals surface area (Å²) in [6.45, 7) is 0. The Labute approximate surface area is 440 Å². The Balaban J connectivity index is 0.973. The number of hydrogen-bond acceptors (Lipinski definition) is 0. The van der Waals surface area contributed by atoms with Gasteiger partial charge in [0.1, 0.15) is 0 Å². The van der Waals surface area contributed by atoms with Crippen LogP contribution in [-0.2, 0) is 0 Å². The predicted molar refractivity (Wildman–Crippen MR) is 329 cm³/mol.